The molecule has 2 rings (SSSR count). The van der Waals surface area contributed by atoms with Crippen molar-refractivity contribution in [2.24, 2.45) is 5.73 Å². The van der Waals surface area contributed by atoms with Crippen molar-refractivity contribution in [1.29, 1.82) is 0 Å². The minimum absolute atomic E-state index is 0.0529. The second-order valence-electron chi connectivity index (χ2n) is 3.91. The standard InChI is InChI=1S/C12H14N4O3/c13-8-10-1-2-11(16(17)18)12(7-10)19-6-5-15-4-3-14-9-15/h1-4,7,9H,5-6,8,13H2. The monoisotopic (exact) mass is 262 g/mol. The molecule has 19 heavy (non-hydrogen) atoms. The molecule has 0 saturated heterocycles. The molecule has 2 N–H and O–H groups in total. The maximum atomic E-state index is 10.9. The van der Waals surface area contributed by atoms with Crippen LogP contribution in [0.2, 0.25) is 0 Å². The van der Waals surface area contributed by atoms with E-state index in [-0.39, 0.29) is 11.4 Å². The molecule has 0 aliphatic rings. The van der Waals surface area contributed by atoms with Crippen molar-refractivity contribution in [2.75, 3.05) is 6.61 Å². The van der Waals surface area contributed by atoms with Crippen LogP contribution in [-0.2, 0) is 13.1 Å². The topological polar surface area (TPSA) is 96.2 Å². The number of hydrogen-bond donors (Lipinski definition) is 1. The van der Waals surface area contributed by atoms with Crippen LogP contribution < -0.4 is 10.5 Å². The molecule has 1 heterocycles. The lowest BCUT2D eigenvalue weighted by atomic mass is 10.2. The first-order valence-electron chi connectivity index (χ1n) is 5.76. The number of imidazole rings is 1. The van der Waals surface area contributed by atoms with Crippen molar-refractivity contribution < 1.29 is 9.66 Å². The number of nitrogens with two attached hydrogens (primary N) is 1. The van der Waals surface area contributed by atoms with Gasteiger partial charge in [0.15, 0.2) is 5.75 Å². The Morgan fingerprint density at radius 3 is 2.95 bits per heavy atom. The van der Waals surface area contributed by atoms with Crippen LogP contribution in [0.4, 0.5) is 5.69 Å². The summed E-state index contributed by atoms with van der Waals surface area (Å²) in [5.74, 6) is 0.244. The molecule has 7 heteroatoms. The Labute approximate surface area is 109 Å². The zero-order chi connectivity index (χ0) is 13.7. The molecule has 0 spiro atoms. The summed E-state index contributed by atoms with van der Waals surface area (Å²) in [6.07, 6.45) is 5.12. The molecule has 0 aliphatic carbocycles. The van der Waals surface area contributed by atoms with Gasteiger partial charge < -0.3 is 15.0 Å². The van der Waals surface area contributed by atoms with Crippen molar-refractivity contribution in [1.82, 2.24) is 9.55 Å². The molecule has 0 amide bonds. The van der Waals surface area contributed by atoms with Gasteiger partial charge in [-0.15, -0.1) is 0 Å². The van der Waals surface area contributed by atoms with E-state index in [1.165, 1.54) is 6.07 Å². The van der Waals surface area contributed by atoms with Gasteiger partial charge in [-0.05, 0) is 11.6 Å². The minimum Gasteiger partial charge on any atom is -0.485 e. The summed E-state index contributed by atoms with van der Waals surface area (Å²) in [4.78, 5) is 14.3. The first-order valence-corrected chi connectivity index (χ1v) is 5.76. The van der Waals surface area contributed by atoms with Crippen LogP contribution in [0.5, 0.6) is 5.75 Å². The number of nitro groups is 1. The average Bonchev–Trinajstić information content (AvgIpc) is 2.91. The molecular formula is C12H14N4O3. The Morgan fingerprint density at radius 1 is 1.47 bits per heavy atom. The fourth-order valence-corrected chi connectivity index (χ4v) is 1.63. The van der Waals surface area contributed by atoms with Gasteiger partial charge in [-0.25, -0.2) is 4.98 Å². The highest BCUT2D eigenvalue weighted by Gasteiger charge is 2.15. The van der Waals surface area contributed by atoms with Crippen molar-refractivity contribution in [3.05, 3.63) is 52.6 Å². The van der Waals surface area contributed by atoms with Crippen LogP contribution in [0.25, 0.3) is 0 Å². The number of hydrogen-bond acceptors (Lipinski definition) is 5. The quantitative estimate of drug-likeness (QED) is 0.625. The normalized spacial score (nSPS) is 10.4. The van der Waals surface area contributed by atoms with Gasteiger partial charge in [0.1, 0.15) is 6.61 Å². The van der Waals surface area contributed by atoms with Gasteiger partial charge in [-0.2, -0.15) is 0 Å². The van der Waals surface area contributed by atoms with E-state index in [0.717, 1.165) is 5.56 Å². The van der Waals surface area contributed by atoms with E-state index in [0.29, 0.717) is 19.7 Å². The molecule has 1 aromatic heterocycles. The maximum absolute atomic E-state index is 10.9. The van der Waals surface area contributed by atoms with Crippen LogP contribution in [0.3, 0.4) is 0 Å². The van der Waals surface area contributed by atoms with E-state index in [1.807, 2.05) is 4.57 Å². The third-order valence-corrected chi connectivity index (χ3v) is 2.62. The summed E-state index contributed by atoms with van der Waals surface area (Å²) in [6.45, 7) is 1.21. The highest BCUT2D eigenvalue weighted by Crippen LogP contribution is 2.27. The van der Waals surface area contributed by atoms with Crippen LogP contribution in [0.1, 0.15) is 5.56 Å². The third-order valence-electron chi connectivity index (χ3n) is 2.62. The minimum atomic E-state index is -0.465. The lowest BCUT2D eigenvalue weighted by Gasteiger charge is -2.08. The third kappa shape index (κ3) is 3.29. The molecule has 0 fully saturated rings. The lowest BCUT2D eigenvalue weighted by molar-refractivity contribution is -0.385. The van der Waals surface area contributed by atoms with Gasteiger partial charge in [-0.1, -0.05) is 6.07 Å². The first-order chi connectivity index (χ1) is 9.20. The number of aromatic nitrogens is 2. The van der Waals surface area contributed by atoms with Gasteiger partial charge in [0, 0.05) is 25.0 Å². The second kappa shape index (κ2) is 5.96. The van der Waals surface area contributed by atoms with Gasteiger partial charge in [0.05, 0.1) is 17.8 Å². The van der Waals surface area contributed by atoms with Gasteiger partial charge in [0.2, 0.25) is 0 Å². The molecule has 0 atom stereocenters. The summed E-state index contributed by atoms with van der Waals surface area (Å²) in [7, 11) is 0. The van der Waals surface area contributed by atoms with Crippen LogP contribution >= 0.6 is 0 Å². The number of nitrogens with zero attached hydrogens (tertiary/aromatic N) is 3. The van der Waals surface area contributed by atoms with Gasteiger partial charge in [-0.3, -0.25) is 10.1 Å². The summed E-state index contributed by atoms with van der Waals surface area (Å²) in [5, 5.41) is 10.9. The number of ether oxygens (including phenoxy) is 1. The Balaban J connectivity index is 2.06. The molecule has 2 aromatic rings. The average molecular weight is 262 g/mol. The SMILES string of the molecule is NCc1ccc([N+](=O)[O-])c(OCCn2ccnc2)c1. The summed E-state index contributed by atoms with van der Waals surface area (Å²) in [6, 6.07) is 4.64. The Hall–Kier alpha value is -2.41. The zero-order valence-corrected chi connectivity index (χ0v) is 10.2. The predicted molar refractivity (Wildman–Crippen MR) is 68.7 cm³/mol. The summed E-state index contributed by atoms with van der Waals surface area (Å²) >= 11 is 0. The molecule has 100 valence electrons. The van der Waals surface area contributed by atoms with Crippen molar-refractivity contribution in [2.45, 2.75) is 13.1 Å². The molecule has 0 aliphatic heterocycles. The van der Waals surface area contributed by atoms with E-state index in [2.05, 4.69) is 4.98 Å². The summed E-state index contributed by atoms with van der Waals surface area (Å²) < 4.78 is 7.30. The van der Waals surface area contributed by atoms with Crippen molar-refractivity contribution >= 4 is 5.69 Å². The van der Waals surface area contributed by atoms with E-state index in [1.54, 1.807) is 30.9 Å². The highest BCUT2D eigenvalue weighted by molar-refractivity contribution is 5.48. The molecule has 0 bridgehead atoms. The molecule has 0 unspecified atom stereocenters. The molecule has 0 saturated carbocycles. The maximum Gasteiger partial charge on any atom is 0.310 e. The van der Waals surface area contributed by atoms with Crippen LogP contribution in [0, 0.1) is 10.1 Å². The zero-order valence-electron chi connectivity index (χ0n) is 10.2. The fourth-order valence-electron chi connectivity index (χ4n) is 1.63. The van der Waals surface area contributed by atoms with Crippen LogP contribution in [0.15, 0.2) is 36.9 Å². The van der Waals surface area contributed by atoms with Crippen LogP contribution in [-0.4, -0.2) is 21.1 Å². The number of benzene rings is 1. The van der Waals surface area contributed by atoms with Crippen molar-refractivity contribution in [3.63, 3.8) is 0 Å². The van der Waals surface area contributed by atoms with E-state index >= 15 is 0 Å². The van der Waals surface area contributed by atoms with E-state index in [9.17, 15) is 10.1 Å². The second-order valence-corrected chi connectivity index (χ2v) is 3.91. The summed E-state index contributed by atoms with van der Waals surface area (Å²) in [5.41, 5.74) is 6.25. The number of nitro benzene ring substituents is 1. The first kappa shape index (κ1) is 13.0. The molecule has 0 radical (unpaired) electrons. The Bertz CT molecular complexity index is 554. The van der Waals surface area contributed by atoms with Gasteiger partial charge in [0.25, 0.3) is 0 Å². The van der Waals surface area contributed by atoms with Gasteiger partial charge >= 0.3 is 5.69 Å². The molecule has 1 aromatic carbocycles. The smallest absolute Gasteiger partial charge is 0.310 e. The highest BCUT2D eigenvalue weighted by atomic mass is 16.6. The van der Waals surface area contributed by atoms with E-state index in [4.69, 9.17) is 10.5 Å². The molecule has 7 nitrogen and oxygen atoms in total. The number of rotatable bonds is 6. The van der Waals surface area contributed by atoms with Crippen molar-refractivity contribution in [3.8, 4) is 5.75 Å². The fraction of sp³-hybridized carbons (Fsp3) is 0.250. The molecular weight excluding hydrogens is 248 g/mol. The Morgan fingerprint density at radius 2 is 2.32 bits per heavy atom. The largest absolute Gasteiger partial charge is 0.485 e. The lowest BCUT2D eigenvalue weighted by Crippen LogP contribution is -2.08. The Kier molecular flexibility index (Phi) is 4.09. The predicted octanol–water partition coefficient (Wildman–Crippen LogP) is 1.33. The van der Waals surface area contributed by atoms with E-state index < -0.39 is 4.92 Å².